The molecule has 0 unspecified atom stereocenters. The molecule has 0 aliphatic rings. The lowest BCUT2D eigenvalue weighted by Crippen LogP contribution is -2.18. The first kappa shape index (κ1) is 17.2. The first-order chi connectivity index (χ1) is 12.7. The molecule has 3 rings (SSSR count). The van der Waals surface area contributed by atoms with Gasteiger partial charge in [0.2, 0.25) is 0 Å². The summed E-state index contributed by atoms with van der Waals surface area (Å²) >= 11 is 0. The van der Waals surface area contributed by atoms with Crippen LogP contribution in [0.4, 0.5) is 11.4 Å². The number of carbonyl (C=O) groups is 2. The summed E-state index contributed by atoms with van der Waals surface area (Å²) < 4.78 is 5.15. The van der Waals surface area contributed by atoms with Crippen molar-refractivity contribution in [2.45, 2.75) is 0 Å². The van der Waals surface area contributed by atoms with Crippen LogP contribution >= 0.6 is 0 Å². The van der Waals surface area contributed by atoms with E-state index in [9.17, 15) is 9.59 Å². The number of nitrogens with one attached hydrogen (secondary N) is 2. The van der Waals surface area contributed by atoms with Gasteiger partial charge in [0.1, 0.15) is 5.75 Å². The quantitative estimate of drug-likeness (QED) is 0.739. The van der Waals surface area contributed by atoms with Gasteiger partial charge >= 0.3 is 0 Å². The van der Waals surface area contributed by atoms with Crippen molar-refractivity contribution in [3.05, 3.63) is 84.2 Å². The molecule has 0 atom stereocenters. The van der Waals surface area contributed by atoms with Crippen molar-refractivity contribution in [2.75, 3.05) is 17.7 Å². The minimum atomic E-state index is -0.334. The second-order valence-electron chi connectivity index (χ2n) is 5.43. The Morgan fingerprint density at radius 2 is 1.77 bits per heavy atom. The Kier molecular flexibility index (Phi) is 5.24. The first-order valence-corrected chi connectivity index (χ1v) is 7.93. The fourth-order valence-corrected chi connectivity index (χ4v) is 2.38. The fraction of sp³-hybridized carbons (Fsp3) is 0.0500. The van der Waals surface area contributed by atoms with Crippen molar-refractivity contribution in [1.82, 2.24) is 4.98 Å². The molecule has 130 valence electrons. The van der Waals surface area contributed by atoms with Crippen molar-refractivity contribution >= 4 is 23.2 Å². The van der Waals surface area contributed by atoms with Gasteiger partial charge in [-0.15, -0.1) is 0 Å². The van der Waals surface area contributed by atoms with E-state index in [1.807, 2.05) is 0 Å². The maximum atomic E-state index is 12.6. The maximum Gasteiger partial charge on any atom is 0.257 e. The Balaban J connectivity index is 1.80. The molecule has 0 saturated heterocycles. The Morgan fingerprint density at radius 1 is 0.923 bits per heavy atom. The number of amides is 2. The van der Waals surface area contributed by atoms with Gasteiger partial charge in [-0.3, -0.25) is 14.6 Å². The highest BCUT2D eigenvalue weighted by Crippen LogP contribution is 2.21. The summed E-state index contributed by atoms with van der Waals surface area (Å²) in [6.45, 7) is 0. The van der Waals surface area contributed by atoms with Crippen LogP contribution in [0.5, 0.6) is 5.75 Å². The number of anilines is 2. The molecule has 26 heavy (non-hydrogen) atoms. The number of benzene rings is 2. The predicted molar refractivity (Wildman–Crippen MR) is 99.6 cm³/mol. The molecular formula is C20H17N3O3. The number of para-hydroxylation sites is 1. The lowest BCUT2D eigenvalue weighted by Gasteiger charge is -2.12. The van der Waals surface area contributed by atoms with Crippen molar-refractivity contribution < 1.29 is 14.3 Å². The van der Waals surface area contributed by atoms with Gasteiger partial charge in [-0.1, -0.05) is 18.2 Å². The van der Waals surface area contributed by atoms with E-state index >= 15 is 0 Å². The third-order valence-electron chi connectivity index (χ3n) is 3.67. The number of hydrogen-bond donors (Lipinski definition) is 2. The number of aromatic nitrogens is 1. The normalized spacial score (nSPS) is 10.0. The molecule has 1 aromatic heterocycles. The van der Waals surface area contributed by atoms with Gasteiger partial charge in [0.15, 0.2) is 0 Å². The number of pyridine rings is 1. The van der Waals surface area contributed by atoms with Crippen molar-refractivity contribution in [1.29, 1.82) is 0 Å². The van der Waals surface area contributed by atoms with Gasteiger partial charge in [0.05, 0.1) is 23.9 Å². The number of ether oxygens (including phenoxy) is 1. The van der Waals surface area contributed by atoms with Gasteiger partial charge in [0.25, 0.3) is 11.8 Å². The molecule has 0 aliphatic heterocycles. The van der Waals surface area contributed by atoms with Crippen LogP contribution in [0.15, 0.2) is 73.1 Å². The third-order valence-corrected chi connectivity index (χ3v) is 3.67. The summed E-state index contributed by atoms with van der Waals surface area (Å²) in [5.41, 5.74) is 1.78. The molecule has 6 nitrogen and oxygen atoms in total. The first-order valence-electron chi connectivity index (χ1n) is 7.93. The Morgan fingerprint density at radius 3 is 2.54 bits per heavy atom. The van der Waals surface area contributed by atoms with Gasteiger partial charge in [-0.2, -0.15) is 0 Å². The van der Waals surface area contributed by atoms with E-state index in [-0.39, 0.29) is 11.8 Å². The number of methoxy groups -OCH3 is 1. The van der Waals surface area contributed by atoms with Crippen LogP contribution in [-0.2, 0) is 0 Å². The molecule has 0 bridgehead atoms. The van der Waals surface area contributed by atoms with Gasteiger partial charge < -0.3 is 15.4 Å². The van der Waals surface area contributed by atoms with Gasteiger partial charge in [0, 0.05) is 24.1 Å². The molecular weight excluding hydrogens is 330 g/mol. The minimum Gasteiger partial charge on any atom is -0.497 e. The van der Waals surface area contributed by atoms with Crippen LogP contribution < -0.4 is 15.4 Å². The van der Waals surface area contributed by atoms with Crippen LogP contribution in [0, 0.1) is 0 Å². The smallest absolute Gasteiger partial charge is 0.257 e. The van der Waals surface area contributed by atoms with Gasteiger partial charge in [-0.25, -0.2) is 0 Å². The highest BCUT2D eigenvalue weighted by molar-refractivity contribution is 6.12. The average molecular weight is 347 g/mol. The monoisotopic (exact) mass is 347 g/mol. The van der Waals surface area contributed by atoms with E-state index in [1.165, 1.54) is 6.20 Å². The summed E-state index contributed by atoms with van der Waals surface area (Å²) in [6, 6.07) is 17.2. The lowest BCUT2D eigenvalue weighted by molar-refractivity contribution is 0.102. The van der Waals surface area contributed by atoms with Gasteiger partial charge in [-0.05, 0) is 36.4 Å². The van der Waals surface area contributed by atoms with E-state index in [4.69, 9.17) is 4.74 Å². The molecule has 0 fully saturated rings. The van der Waals surface area contributed by atoms with Crippen LogP contribution in [0.25, 0.3) is 0 Å². The zero-order valence-corrected chi connectivity index (χ0v) is 14.1. The SMILES string of the molecule is COc1cccc(NC(=O)c2ccccc2NC(=O)c2cccnc2)c1. The van der Waals surface area contributed by atoms with Crippen molar-refractivity contribution in [2.24, 2.45) is 0 Å². The summed E-state index contributed by atoms with van der Waals surface area (Å²) in [7, 11) is 1.56. The molecule has 2 aromatic carbocycles. The molecule has 0 saturated carbocycles. The van der Waals surface area contributed by atoms with E-state index < -0.39 is 0 Å². The molecule has 2 amide bonds. The molecule has 0 spiro atoms. The zero-order valence-electron chi connectivity index (χ0n) is 14.1. The van der Waals surface area contributed by atoms with Crippen molar-refractivity contribution in [3.63, 3.8) is 0 Å². The standard InChI is InChI=1S/C20H17N3O3/c1-26-16-8-4-7-15(12-16)22-20(25)17-9-2-3-10-18(17)23-19(24)14-6-5-11-21-13-14/h2-13H,1H3,(H,22,25)(H,23,24). The Hall–Kier alpha value is -3.67. The second-order valence-corrected chi connectivity index (χ2v) is 5.43. The highest BCUT2D eigenvalue weighted by Gasteiger charge is 2.14. The van der Waals surface area contributed by atoms with Crippen LogP contribution in [-0.4, -0.2) is 23.9 Å². The third kappa shape index (κ3) is 4.05. The van der Waals surface area contributed by atoms with E-state index in [0.717, 1.165) is 0 Å². The largest absolute Gasteiger partial charge is 0.497 e. The second kappa shape index (κ2) is 7.94. The van der Waals surface area contributed by atoms with E-state index in [0.29, 0.717) is 28.3 Å². The average Bonchev–Trinajstić information content (AvgIpc) is 2.69. The molecule has 3 aromatic rings. The summed E-state index contributed by atoms with van der Waals surface area (Å²) in [4.78, 5) is 28.9. The molecule has 0 aliphatic carbocycles. The molecule has 2 N–H and O–H groups in total. The van der Waals surface area contributed by atoms with Crippen LogP contribution in [0.1, 0.15) is 20.7 Å². The maximum absolute atomic E-state index is 12.6. The number of rotatable bonds is 5. The summed E-state index contributed by atoms with van der Waals surface area (Å²) in [5.74, 6) is -0.0268. The van der Waals surface area contributed by atoms with E-state index in [2.05, 4.69) is 15.6 Å². The fourth-order valence-electron chi connectivity index (χ4n) is 2.38. The Bertz CT molecular complexity index is 926. The topological polar surface area (TPSA) is 80.3 Å². The lowest BCUT2D eigenvalue weighted by atomic mass is 10.1. The zero-order chi connectivity index (χ0) is 18.4. The molecule has 1 heterocycles. The summed E-state index contributed by atoms with van der Waals surface area (Å²) in [5, 5.41) is 5.56. The Labute approximate surface area is 150 Å². The number of nitrogens with zero attached hydrogens (tertiary/aromatic N) is 1. The van der Waals surface area contributed by atoms with Crippen LogP contribution in [0.2, 0.25) is 0 Å². The number of carbonyl (C=O) groups excluding carboxylic acids is 2. The van der Waals surface area contributed by atoms with E-state index in [1.54, 1.807) is 74.0 Å². The highest BCUT2D eigenvalue weighted by atomic mass is 16.5. The molecule has 0 radical (unpaired) electrons. The summed E-state index contributed by atoms with van der Waals surface area (Å²) in [6.07, 6.45) is 3.06. The molecule has 6 heteroatoms. The predicted octanol–water partition coefficient (Wildman–Crippen LogP) is 3.59. The minimum absolute atomic E-state index is 0.333. The number of hydrogen-bond acceptors (Lipinski definition) is 4. The van der Waals surface area contributed by atoms with Crippen molar-refractivity contribution in [3.8, 4) is 5.75 Å². The van der Waals surface area contributed by atoms with Crippen LogP contribution in [0.3, 0.4) is 0 Å².